The van der Waals surface area contributed by atoms with Crippen LogP contribution < -0.4 is 10.7 Å². The zero-order valence-corrected chi connectivity index (χ0v) is 38.3. The van der Waals surface area contributed by atoms with Gasteiger partial charge in [-0.1, -0.05) is 39.8 Å². The van der Waals surface area contributed by atoms with Crippen LogP contribution >= 0.6 is 0 Å². The maximum absolute atomic E-state index is 14.7. The van der Waals surface area contributed by atoms with E-state index in [-0.39, 0.29) is 49.8 Å². The van der Waals surface area contributed by atoms with Crippen LogP contribution in [0.25, 0.3) is 33.3 Å². The highest BCUT2D eigenvalue weighted by Gasteiger charge is 2.40. The van der Waals surface area contributed by atoms with Crippen molar-refractivity contribution in [2.24, 2.45) is 17.3 Å². The number of pyridine rings is 1. The first-order valence-electron chi connectivity index (χ1n) is 22.5. The molecule has 2 aromatic heterocycles. The monoisotopic (exact) mass is 877 g/mol. The molecule has 4 unspecified atom stereocenters. The van der Waals surface area contributed by atoms with Gasteiger partial charge in [-0.3, -0.25) is 34.0 Å². The summed E-state index contributed by atoms with van der Waals surface area (Å²) in [5, 5.41) is 16.7. The molecule has 0 aliphatic carbocycles. The van der Waals surface area contributed by atoms with E-state index < -0.39 is 47.2 Å². The number of amides is 4. The molecule has 15 nitrogen and oxygen atoms in total. The number of phenols is 1. The number of hydrazine groups is 1. The van der Waals surface area contributed by atoms with Crippen LogP contribution in [0.3, 0.4) is 0 Å². The summed E-state index contributed by atoms with van der Waals surface area (Å²) in [6, 6.07) is 12.6. The molecule has 4 aromatic rings. The zero-order valence-electron chi connectivity index (χ0n) is 38.3. The lowest BCUT2D eigenvalue weighted by Gasteiger charge is -2.37. The average Bonchev–Trinajstić information content (AvgIpc) is 3.89. The topological polar surface area (TPSA) is 176 Å². The minimum atomic E-state index is -1.15. The Morgan fingerprint density at radius 3 is 2.58 bits per heavy atom. The number of phenolic OH excluding ortho intramolecular Hbond substituents is 1. The van der Waals surface area contributed by atoms with Crippen molar-refractivity contribution >= 4 is 41.0 Å². The highest BCUT2D eigenvalue weighted by molar-refractivity contribution is 5.96. The number of likely N-dealkylation sites (N-methyl/N-ethyl adjacent to an activating group) is 1. The number of nitrogens with one attached hydrogen (secondary N) is 2. The Morgan fingerprint density at radius 1 is 1.09 bits per heavy atom. The number of rotatable bonds is 10. The number of carbonyl (C=O) groups excluding carboxylic acids is 5. The van der Waals surface area contributed by atoms with E-state index >= 15 is 0 Å². The number of cyclic esters (lactones) is 1. The number of hydrogen-bond donors (Lipinski definition) is 3. The minimum absolute atomic E-state index is 0.00181. The fourth-order valence-corrected chi connectivity index (χ4v) is 9.76. The predicted octanol–water partition coefficient (Wildman–Crippen LogP) is 5.41. The Morgan fingerprint density at radius 2 is 1.88 bits per heavy atom. The summed E-state index contributed by atoms with van der Waals surface area (Å²) in [5.41, 5.74) is 9.56. The van der Waals surface area contributed by atoms with E-state index in [1.807, 2.05) is 39.0 Å². The molecule has 7 rings (SSSR count). The summed E-state index contributed by atoms with van der Waals surface area (Å²) in [6.45, 7) is 13.7. The van der Waals surface area contributed by atoms with Crippen LogP contribution in [-0.2, 0) is 52.8 Å². The highest BCUT2D eigenvalue weighted by Crippen LogP contribution is 2.42. The smallest absolute Gasteiger partial charge is 0.324 e. The van der Waals surface area contributed by atoms with E-state index in [0.29, 0.717) is 44.3 Å². The van der Waals surface area contributed by atoms with E-state index in [9.17, 15) is 29.1 Å². The van der Waals surface area contributed by atoms with Gasteiger partial charge in [0.25, 0.3) is 5.91 Å². The molecule has 2 fully saturated rings. The van der Waals surface area contributed by atoms with Gasteiger partial charge in [-0.05, 0) is 104 Å². The summed E-state index contributed by atoms with van der Waals surface area (Å²) < 4.78 is 14.2. The van der Waals surface area contributed by atoms with Crippen LogP contribution in [0.1, 0.15) is 83.7 Å². The van der Waals surface area contributed by atoms with Gasteiger partial charge in [0.05, 0.1) is 30.0 Å². The summed E-state index contributed by atoms with van der Waals surface area (Å²) >= 11 is 0. The molecule has 0 spiro atoms. The van der Waals surface area contributed by atoms with Crippen LogP contribution in [0.5, 0.6) is 5.75 Å². The van der Waals surface area contributed by atoms with E-state index in [1.165, 1.54) is 9.91 Å². The van der Waals surface area contributed by atoms with Gasteiger partial charge in [0, 0.05) is 74.8 Å². The molecule has 5 atom stereocenters. The van der Waals surface area contributed by atoms with Crippen molar-refractivity contribution in [3.63, 3.8) is 0 Å². The Bertz CT molecular complexity index is 2410. The lowest BCUT2D eigenvalue weighted by atomic mass is 9.84. The molecule has 3 N–H and O–H groups in total. The third-order valence-electron chi connectivity index (χ3n) is 13.1. The number of carbonyl (C=O) groups is 5. The molecular formula is C49H63N7O8. The number of esters is 1. The van der Waals surface area contributed by atoms with E-state index in [1.54, 1.807) is 37.4 Å². The Hall–Kier alpha value is -5.80. The number of fused-ring (bicyclic) bond motifs is 6. The number of aromatic nitrogens is 2. The van der Waals surface area contributed by atoms with Crippen molar-refractivity contribution in [2.45, 2.75) is 104 Å². The first-order chi connectivity index (χ1) is 30.5. The molecule has 64 heavy (non-hydrogen) atoms. The Balaban J connectivity index is 1.33. The first kappa shape index (κ1) is 46.2. The SMILES string of the molecule is CCn1c(-c2cccnc2C(C)OC)c2c3cc(ccc31)-c1cc(O)cc(c1)CC(NC(=O)C(C(C)C)N(C)C(=O)C1CCN(C=O)C1)C(=O)N1CCC[C@H](N1)C(=O)OCC(C)(C)C2. The molecule has 3 aliphatic heterocycles. The molecule has 15 heteroatoms. The van der Waals surface area contributed by atoms with E-state index in [4.69, 9.17) is 14.5 Å². The molecule has 5 heterocycles. The summed E-state index contributed by atoms with van der Waals surface area (Å²) in [5.74, 6) is -2.49. The maximum atomic E-state index is 14.7. The molecular weight excluding hydrogens is 815 g/mol. The maximum Gasteiger partial charge on any atom is 0.324 e. The van der Waals surface area contributed by atoms with Gasteiger partial charge < -0.3 is 34.3 Å². The quantitative estimate of drug-likeness (QED) is 0.138. The summed E-state index contributed by atoms with van der Waals surface area (Å²) in [4.78, 5) is 75.9. The second-order valence-electron chi connectivity index (χ2n) is 18.8. The number of nitrogens with zero attached hydrogens (tertiary/aromatic N) is 5. The zero-order chi connectivity index (χ0) is 46.0. The predicted molar refractivity (Wildman–Crippen MR) is 242 cm³/mol. The van der Waals surface area contributed by atoms with Crippen LogP contribution in [0.4, 0.5) is 0 Å². The molecule has 6 bridgehead atoms. The largest absolute Gasteiger partial charge is 0.508 e. The third kappa shape index (κ3) is 9.51. The van der Waals surface area contributed by atoms with Crippen LogP contribution in [0.2, 0.25) is 0 Å². The van der Waals surface area contributed by atoms with Gasteiger partial charge in [-0.2, -0.15) is 0 Å². The number of methoxy groups -OCH3 is 1. The van der Waals surface area contributed by atoms with Gasteiger partial charge in [0.15, 0.2) is 0 Å². The van der Waals surface area contributed by atoms with Crippen molar-refractivity contribution in [3.8, 4) is 28.1 Å². The van der Waals surface area contributed by atoms with E-state index in [0.717, 1.165) is 51.0 Å². The van der Waals surface area contributed by atoms with Gasteiger partial charge in [0.2, 0.25) is 18.2 Å². The van der Waals surface area contributed by atoms with Gasteiger partial charge in [0.1, 0.15) is 23.9 Å². The number of benzene rings is 2. The number of likely N-dealkylation sites (tertiary alicyclic amines) is 1. The van der Waals surface area contributed by atoms with Crippen molar-refractivity contribution in [2.75, 3.05) is 40.4 Å². The van der Waals surface area contributed by atoms with Crippen molar-refractivity contribution in [1.29, 1.82) is 0 Å². The summed E-state index contributed by atoms with van der Waals surface area (Å²) in [6.07, 6.45) is 4.22. The standard InChI is InChI=1S/C49H63N7O8/c1-9-55-41-15-14-32-24-37(41)38(44(55)36-12-10-17-50-42(36)30(4)63-8)25-49(5,6)27-64-48(62)39-13-11-18-56(52-39)47(61)40(22-31-20-34(32)23-35(58)21-31)51-45(59)43(29(2)3)53(7)46(60)33-16-19-54(26-33)28-57/h10,12,14-15,17,20-21,23-24,28-30,33,39-40,43,52,58H,9,11,13,16,18-19,22,25-27H2,1-8H3,(H,51,59)/t30?,33?,39-,40?,43?/m0/s1. The van der Waals surface area contributed by atoms with E-state index in [2.05, 4.69) is 54.3 Å². The number of aryl methyl sites for hydroxylation is 1. The van der Waals surface area contributed by atoms with Gasteiger partial charge in [-0.15, -0.1) is 0 Å². The Kier molecular flexibility index (Phi) is 13.8. The second kappa shape index (κ2) is 19.1. The fourth-order valence-electron chi connectivity index (χ4n) is 9.76. The molecule has 2 aromatic carbocycles. The second-order valence-corrected chi connectivity index (χ2v) is 18.8. The third-order valence-corrected chi connectivity index (χ3v) is 13.1. The molecule has 3 aliphatic rings. The average molecular weight is 878 g/mol. The number of hydrogen-bond acceptors (Lipinski definition) is 10. The van der Waals surface area contributed by atoms with Crippen LogP contribution in [0, 0.1) is 17.3 Å². The highest BCUT2D eigenvalue weighted by atomic mass is 16.5. The van der Waals surface area contributed by atoms with Crippen LogP contribution in [0.15, 0.2) is 54.7 Å². The molecule has 0 saturated carbocycles. The van der Waals surface area contributed by atoms with Crippen molar-refractivity contribution in [3.05, 3.63) is 71.5 Å². The van der Waals surface area contributed by atoms with Crippen molar-refractivity contribution in [1.82, 2.24) is 35.1 Å². The van der Waals surface area contributed by atoms with Gasteiger partial charge in [-0.25, -0.2) is 5.43 Å². The van der Waals surface area contributed by atoms with Crippen LogP contribution in [-0.4, -0.2) is 118 Å². The van der Waals surface area contributed by atoms with Gasteiger partial charge >= 0.3 is 5.97 Å². The summed E-state index contributed by atoms with van der Waals surface area (Å²) in [7, 11) is 3.26. The molecule has 4 amide bonds. The fraction of sp³-hybridized carbons (Fsp3) is 0.510. The number of ether oxygens (including phenoxy) is 2. The molecule has 342 valence electrons. The normalized spacial score (nSPS) is 21.3. The number of aromatic hydroxyl groups is 1. The molecule has 2 saturated heterocycles. The van der Waals surface area contributed by atoms with Crippen molar-refractivity contribution < 1.29 is 38.6 Å². The Labute approximate surface area is 375 Å². The minimum Gasteiger partial charge on any atom is -0.508 e. The lowest BCUT2D eigenvalue weighted by molar-refractivity contribution is -0.155. The first-order valence-corrected chi connectivity index (χ1v) is 22.5. The molecule has 0 radical (unpaired) electrons. The lowest BCUT2D eigenvalue weighted by Crippen LogP contribution is -2.62.